The standard InChI is InChI=1S/C27H29N3O2/c1-3-10-24(20-11-6-5-7-12-20)28-19-26-29-25-14-9-8-13-23(25)27(31)30(26)21-15-17-22(18-16-21)32-4-2/h5-9,11-18,24,28H,3-4,10,19H2,1-2H3/t24-/m0/s1. The van der Waals surface area contributed by atoms with Gasteiger partial charge in [-0.2, -0.15) is 0 Å². The molecule has 5 nitrogen and oxygen atoms in total. The van der Waals surface area contributed by atoms with Crippen molar-refractivity contribution in [2.45, 2.75) is 39.3 Å². The number of benzene rings is 3. The first kappa shape index (κ1) is 21.8. The lowest BCUT2D eigenvalue weighted by molar-refractivity contribution is 0.340. The Balaban J connectivity index is 1.74. The van der Waals surface area contributed by atoms with Gasteiger partial charge in [-0.25, -0.2) is 4.98 Å². The molecule has 4 rings (SSSR count). The van der Waals surface area contributed by atoms with E-state index >= 15 is 0 Å². The van der Waals surface area contributed by atoms with E-state index in [0.717, 1.165) is 24.3 Å². The monoisotopic (exact) mass is 427 g/mol. The molecule has 0 fully saturated rings. The first-order valence-electron chi connectivity index (χ1n) is 11.2. The zero-order chi connectivity index (χ0) is 22.3. The van der Waals surface area contributed by atoms with E-state index in [0.29, 0.717) is 29.9 Å². The fourth-order valence-corrected chi connectivity index (χ4v) is 4.00. The van der Waals surface area contributed by atoms with Crippen molar-refractivity contribution in [3.63, 3.8) is 0 Å². The van der Waals surface area contributed by atoms with E-state index in [-0.39, 0.29) is 11.6 Å². The lowest BCUT2D eigenvalue weighted by Gasteiger charge is -2.20. The summed E-state index contributed by atoms with van der Waals surface area (Å²) in [5, 5.41) is 4.25. The van der Waals surface area contributed by atoms with Crippen molar-refractivity contribution in [2.75, 3.05) is 6.61 Å². The number of nitrogens with zero attached hydrogens (tertiary/aromatic N) is 2. The van der Waals surface area contributed by atoms with Crippen LogP contribution in [0.15, 0.2) is 83.7 Å². The van der Waals surface area contributed by atoms with E-state index in [1.807, 2.05) is 61.5 Å². The van der Waals surface area contributed by atoms with Crippen LogP contribution in [0.4, 0.5) is 0 Å². The third-order valence-corrected chi connectivity index (χ3v) is 5.54. The van der Waals surface area contributed by atoms with E-state index in [1.54, 1.807) is 4.57 Å². The zero-order valence-corrected chi connectivity index (χ0v) is 18.6. The van der Waals surface area contributed by atoms with E-state index in [1.165, 1.54) is 5.56 Å². The molecular weight excluding hydrogens is 398 g/mol. The lowest BCUT2D eigenvalue weighted by atomic mass is 10.0. The zero-order valence-electron chi connectivity index (χ0n) is 18.6. The first-order chi connectivity index (χ1) is 15.7. The Hall–Kier alpha value is -3.44. The predicted molar refractivity (Wildman–Crippen MR) is 129 cm³/mol. The van der Waals surface area contributed by atoms with Crippen LogP contribution in [0.25, 0.3) is 16.6 Å². The van der Waals surface area contributed by atoms with E-state index in [4.69, 9.17) is 9.72 Å². The summed E-state index contributed by atoms with van der Waals surface area (Å²) < 4.78 is 7.27. The van der Waals surface area contributed by atoms with Crippen LogP contribution in [0.1, 0.15) is 44.1 Å². The van der Waals surface area contributed by atoms with Crippen LogP contribution in [0.5, 0.6) is 5.75 Å². The second-order valence-electron chi connectivity index (χ2n) is 7.75. The van der Waals surface area contributed by atoms with Crippen molar-refractivity contribution in [3.05, 3.63) is 101 Å². The van der Waals surface area contributed by atoms with Crippen LogP contribution in [-0.2, 0) is 6.54 Å². The summed E-state index contributed by atoms with van der Waals surface area (Å²) in [6, 6.07) is 25.7. The molecule has 0 radical (unpaired) electrons. The van der Waals surface area contributed by atoms with Gasteiger partial charge in [0.1, 0.15) is 11.6 Å². The van der Waals surface area contributed by atoms with Crippen molar-refractivity contribution in [1.29, 1.82) is 0 Å². The average molecular weight is 428 g/mol. The van der Waals surface area contributed by atoms with Crippen LogP contribution in [0, 0.1) is 0 Å². The largest absolute Gasteiger partial charge is 0.494 e. The van der Waals surface area contributed by atoms with Gasteiger partial charge in [0.15, 0.2) is 0 Å². The minimum atomic E-state index is -0.0664. The summed E-state index contributed by atoms with van der Waals surface area (Å²) in [4.78, 5) is 18.3. The molecule has 0 aliphatic carbocycles. The highest BCUT2D eigenvalue weighted by molar-refractivity contribution is 5.77. The van der Waals surface area contributed by atoms with E-state index < -0.39 is 0 Å². The highest BCUT2D eigenvalue weighted by atomic mass is 16.5. The number of nitrogens with one attached hydrogen (secondary N) is 1. The molecule has 0 unspecified atom stereocenters. The number of rotatable bonds is 9. The number of aromatic nitrogens is 2. The molecule has 0 aliphatic heterocycles. The second kappa shape index (κ2) is 10.2. The molecule has 0 saturated heterocycles. The summed E-state index contributed by atoms with van der Waals surface area (Å²) >= 11 is 0. The molecule has 1 atom stereocenters. The molecule has 1 aromatic heterocycles. The van der Waals surface area contributed by atoms with Gasteiger partial charge in [-0.15, -0.1) is 0 Å². The summed E-state index contributed by atoms with van der Waals surface area (Å²) in [5.41, 5.74) is 2.66. The van der Waals surface area contributed by atoms with Gasteiger partial charge in [0.2, 0.25) is 0 Å². The third-order valence-electron chi connectivity index (χ3n) is 5.54. The molecular formula is C27H29N3O2. The topological polar surface area (TPSA) is 56.2 Å². The van der Waals surface area contributed by atoms with E-state index in [9.17, 15) is 4.79 Å². The van der Waals surface area contributed by atoms with Gasteiger partial charge in [0, 0.05) is 6.04 Å². The summed E-state index contributed by atoms with van der Waals surface area (Å²) in [7, 11) is 0. The number of fused-ring (bicyclic) bond motifs is 1. The van der Waals surface area contributed by atoms with Gasteiger partial charge in [-0.05, 0) is 55.3 Å². The minimum Gasteiger partial charge on any atom is -0.494 e. The van der Waals surface area contributed by atoms with Gasteiger partial charge in [0.25, 0.3) is 5.56 Å². The van der Waals surface area contributed by atoms with Crippen molar-refractivity contribution < 1.29 is 4.74 Å². The molecule has 32 heavy (non-hydrogen) atoms. The summed E-state index contributed by atoms with van der Waals surface area (Å²) in [5.74, 6) is 1.47. The Kier molecular flexibility index (Phi) is 6.97. The first-order valence-corrected chi connectivity index (χ1v) is 11.2. The van der Waals surface area contributed by atoms with Crippen molar-refractivity contribution in [2.24, 2.45) is 0 Å². The normalized spacial score (nSPS) is 12.1. The van der Waals surface area contributed by atoms with Crippen LogP contribution in [0.3, 0.4) is 0 Å². The van der Waals surface area contributed by atoms with Gasteiger partial charge < -0.3 is 10.1 Å². The van der Waals surface area contributed by atoms with Crippen molar-refractivity contribution in [3.8, 4) is 11.4 Å². The number of hydrogen-bond donors (Lipinski definition) is 1. The maximum Gasteiger partial charge on any atom is 0.266 e. The van der Waals surface area contributed by atoms with E-state index in [2.05, 4.69) is 36.5 Å². The Labute approximate surface area is 188 Å². The highest BCUT2D eigenvalue weighted by Crippen LogP contribution is 2.21. The molecule has 5 heteroatoms. The molecule has 1 heterocycles. The quantitative estimate of drug-likeness (QED) is 0.388. The average Bonchev–Trinajstić information content (AvgIpc) is 2.83. The molecule has 3 aromatic carbocycles. The Morgan fingerprint density at radius 2 is 1.66 bits per heavy atom. The van der Waals surface area contributed by atoms with Crippen LogP contribution in [-0.4, -0.2) is 16.2 Å². The van der Waals surface area contributed by atoms with Crippen molar-refractivity contribution >= 4 is 10.9 Å². The number of ether oxygens (including phenoxy) is 1. The maximum atomic E-state index is 13.5. The molecule has 0 amide bonds. The number of hydrogen-bond acceptors (Lipinski definition) is 4. The maximum absolute atomic E-state index is 13.5. The molecule has 1 N–H and O–H groups in total. The summed E-state index contributed by atoms with van der Waals surface area (Å²) in [6.45, 7) is 5.22. The van der Waals surface area contributed by atoms with Gasteiger partial charge in [-0.1, -0.05) is 55.8 Å². The molecule has 0 bridgehead atoms. The molecule has 164 valence electrons. The van der Waals surface area contributed by atoms with Crippen LogP contribution in [0.2, 0.25) is 0 Å². The molecule has 0 aliphatic rings. The fraction of sp³-hybridized carbons (Fsp3) is 0.259. The van der Waals surface area contributed by atoms with Gasteiger partial charge >= 0.3 is 0 Å². The smallest absolute Gasteiger partial charge is 0.266 e. The number of para-hydroxylation sites is 1. The fourth-order valence-electron chi connectivity index (χ4n) is 4.00. The van der Waals surface area contributed by atoms with Gasteiger partial charge in [0.05, 0.1) is 29.7 Å². The van der Waals surface area contributed by atoms with Gasteiger partial charge in [-0.3, -0.25) is 9.36 Å². The van der Waals surface area contributed by atoms with Crippen molar-refractivity contribution in [1.82, 2.24) is 14.9 Å². The second-order valence-corrected chi connectivity index (χ2v) is 7.75. The van der Waals surface area contributed by atoms with Crippen LogP contribution < -0.4 is 15.6 Å². The molecule has 0 spiro atoms. The minimum absolute atomic E-state index is 0.0664. The van der Waals surface area contributed by atoms with Crippen LogP contribution >= 0.6 is 0 Å². The predicted octanol–water partition coefficient (Wildman–Crippen LogP) is 5.42. The molecule has 4 aromatic rings. The Morgan fingerprint density at radius 3 is 2.38 bits per heavy atom. The Bertz CT molecular complexity index is 1220. The lowest BCUT2D eigenvalue weighted by Crippen LogP contribution is -2.29. The highest BCUT2D eigenvalue weighted by Gasteiger charge is 2.16. The molecule has 0 saturated carbocycles. The summed E-state index contributed by atoms with van der Waals surface area (Å²) in [6.07, 6.45) is 2.06. The third kappa shape index (κ3) is 4.73. The Morgan fingerprint density at radius 1 is 0.938 bits per heavy atom. The SMILES string of the molecule is CCC[C@H](NCc1nc2ccccc2c(=O)n1-c1ccc(OCC)cc1)c1ccccc1.